The Labute approximate surface area is 164 Å². The van der Waals surface area contributed by atoms with Crippen molar-refractivity contribution in [3.8, 4) is 0 Å². The highest BCUT2D eigenvalue weighted by molar-refractivity contribution is 6.04. The van der Waals surface area contributed by atoms with Crippen LogP contribution < -0.4 is 0 Å². The van der Waals surface area contributed by atoms with Crippen molar-refractivity contribution < 1.29 is 9.53 Å². The lowest BCUT2D eigenvalue weighted by molar-refractivity contribution is -0.114. The van der Waals surface area contributed by atoms with Gasteiger partial charge >= 0.3 is 0 Å². The van der Waals surface area contributed by atoms with E-state index in [2.05, 4.69) is 42.5 Å². The van der Waals surface area contributed by atoms with Gasteiger partial charge in [-0.2, -0.15) is 0 Å². The minimum Gasteiger partial charge on any atom is -0.493 e. The van der Waals surface area contributed by atoms with E-state index in [1.54, 1.807) is 12.2 Å². The van der Waals surface area contributed by atoms with E-state index in [0.717, 1.165) is 17.7 Å². The predicted octanol–water partition coefficient (Wildman–Crippen LogP) is 5.99. The van der Waals surface area contributed by atoms with Gasteiger partial charge in [-0.15, -0.1) is 0 Å². The van der Waals surface area contributed by atoms with Gasteiger partial charge in [0.05, 0.1) is 7.11 Å². The molecule has 2 rings (SSSR count). The zero-order chi connectivity index (χ0) is 19.3. The number of ether oxygens (including phenoxy) is 1. The molecule has 0 spiro atoms. The standard InChI is InChI=1S/C24H33NO2/c1-3-4-5-6-7-8-9-10-17-25-18-15-21(16-19-25)11-12-22-13-14-23(26)24(20-22)27-2/h11-16,18-20H,3-10,17H2,1-2H3. The van der Waals surface area contributed by atoms with Crippen LogP contribution in [0.25, 0.3) is 0 Å². The fourth-order valence-corrected chi connectivity index (χ4v) is 3.14. The minimum absolute atomic E-state index is 0.0867. The maximum Gasteiger partial charge on any atom is 0.220 e. The predicted molar refractivity (Wildman–Crippen MR) is 113 cm³/mol. The molecule has 0 unspecified atom stereocenters. The van der Waals surface area contributed by atoms with E-state index >= 15 is 0 Å². The van der Waals surface area contributed by atoms with E-state index < -0.39 is 0 Å². The smallest absolute Gasteiger partial charge is 0.220 e. The SMILES string of the molecule is CCCCCCCCCCN1C=CC(=CC=C2C=CC(=O)C(OC)=C2)C=C1. The van der Waals surface area contributed by atoms with Gasteiger partial charge in [-0.3, -0.25) is 4.79 Å². The quantitative estimate of drug-likeness (QED) is 0.420. The largest absolute Gasteiger partial charge is 0.493 e. The summed E-state index contributed by atoms with van der Waals surface area (Å²) in [4.78, 5) is 13.8. The van der Waals surface area contributed by atoms with Gasteiger partial charge in [-0.05, 0) is 41.9 Å². The maximum absolute atomic E-state index is 11.5. The molecular weight excluding hydrogens is 334 g/mol. The van der Waals surface area contributed by atoms with Crippen LogP contribution in [0.5, 0.6) is 0 Å². The van der Waals surface area contributed by atoms with Gasteiger partial charge < -0.3 is 9.64 Å². The number of ketones is 1. The summed E-state index contributed by atoms with van der Waals surface area (Å²) in [7, 11) is 1.52. The molecule has 0 N–H and O–H groups in total. The van der Waals surface area contributed by atoms with Crippen molar-refractivity contribution in [1.29, 1.82) is 0 Å². The van der Waals surface area contributed by atoms with Crippen molar-refractivity contribution in [3.63, 3.8) is 0 Å². The fraction of sp³-hybridized carbons (Fsp3) is 0.458. The summed E-state index contributed by atoms with van der Waals surface area (Å²) in [6, 6.07) is 0. The number of rotatable bonds is 11. The zero-order valence-corrected chi connectivity index (χ0v) is 16.8. The van der Waals surface area contributed by atoms with E-state index in [0.29, 0.717) is 5.76 Å². The Morgan fingerprint density at radius 1 is 0.852 bits per heavy atom. The zero-order valence-electron chi connectivity index (χ0n) is 16.8. The minimum atomic E-state index is -0.0867. The van der Waals surface area contributed by atoms with Crippen molar-refractivity contribution in [2.75, 3.05) is 13.7 Å². The van der Waals surface area contributed by atoms with E-state index in [1.165, 1.54) is 58.5 Å². The molecule has 0 saturated carbocycles. The molecule has 0 bridgehead atoms. The number of nitrogens with zero attached hydrogens (tertiary/aromatic N) is 1. The molecule has 1 aliphatic carbocycles. The molecular formula is C24H33NO2. The topological polar surface area (TPSA) is 29.5 Å². The van der Waals surface area contributed by atoms with Crippen LogP contribution in [-0.2, 0) is 9.53 Å². The van der Waals surface area contributed by atoms with Gasteiger partial charge in [0.1, 0.15) is 0 Å². The van der Waals surface area contributed by atoms with Crippen molar-refractivity contribution >= 4 is 5.78 Å². The number of allylic oxidation sites excluding steroid dienone is 9. The van der Waals surface area contributed by atoms with Crippen molar-refractivity contribution in [3.05, 3.63) is 71.8 Å². The molecule has 3 heteroatoms. The van der Waals surface area contributed by atoms with Crippen LogP contribution in [0.4, 0.5) is 0 Å². The van der Waals surface area contributed by atoms with E-state index in [9.17, 15) is 4.79 Å². The lowest BCUT2D eigenvalue weighted by Crippen LogP contribution is -2.13. The van der Waals surface area contributed by atoms with Crippen LogP contribution in [0.1, 0.15) is 58.3 Å². The lowest BCUT2D eigenvalue weighted by atomic mass is 10.1. The normalized spacial score (nSPS) is 17.6. The van der Waals surface area contributed by atoms with E-state index in [-0.39, 0.29) is 5.78 Å². The average molecular weight is 368 g/mol. The first kappa shape index (κ1) is 21.0. The Hall–Kier alpha value is -2.29. The third kappa shape index (κ3) is 7.86. The second-order valence-corrected chi connectivity index (χ2v) is 7.09. The summed E-state index contributed by atoms with van der Waals surface area (Å²) in [6.45, 7) is 3.35. The van der Waals surface area contributed by atoms with Gasteiger partial charge in [-0.1, -0.05) is 70.1 Å². The molecule has 0 amide bonds. The fourth-order valence-electron chi connectivity index (χ4n) is 3.14. The van der Waals surface area contributed by atoms with E-state index in [4.69, 9.17) is 4.74 Å². The first-order valence-corrected chi connectivity index (χ1v) is 10.2. The molecule has 0 saturated heterocycles. The third-order valence-corrected chi connectivity index (χ3v) is 4.84. The van der Waals surface area contributed by atoms with E-state index in [1.807, 2.05) is 12.2 Å². The summed E-state index contributed by atoms with van der Waals surface area (Å²) in [6.07, 6.45) is 28.5. The molecule has 1 aliphatic heterocycles. The van der Waals surface area contributed by atoms with Crippen molar-refractivity contribution in [1.82, 2.24) is 4.90 Å². The second-order valence-electron chi connectivity index (χ2n) is 7.09. The Morgan fingerprint density at radius 3 is 2.15 bits per heavy atom. The number of hydrogen-bond acceptors (Lipinski definition) is 3. The molecule has 0 fully saturated rings. The summed E-state index contributed by atoms with van der Waals surface area (Å²) in [5.41, 5.74) is 2.11. The Balaban J connectivity index is 1.69. The van der Waals surface area contributed by atoms with Crippen LogP contribution >= 0.6 is 0 Å². The van der Waals surface area contributed by atoms with Gasteiger partial charge in [0.25, 0.3) is 0 Å². The number of carbonyl (C=O) groups is 1. The molecule has 3 nitrogen and oxygen atoms in total. The molecule has 0 aromatic heterocycles. The van der Waals surface area contributed by atoms with Crippen LogP contribution in [0.3, 0.4) is 0 Å². The Bertz CT molecular complexity index is 646. The molecule has 0 aromatic rings. The van der Waals surface area contributed by atoms with Gasteiger partial charge in [0, 0.05) is 18.9 Å². The molecule has 146 valence electrons. The molecule has 0 atom stereocenters. The maximum atomic E-state index is 11.5. The summed E-state index contributed by atoms with van der Waals surface area (Å²) in [5, 5.41) is 0. The summed E-state index contributed by atoms with van der Waals surface area (Å²) < 4.78 is 5.08. The second kappa shape index (κ2) is 12.2. The van der Waals surface area contributed by atoms with Gasteiger partial charge in [0.2, 0.25) is 5.78 Å². The van der Waals surface area contributed by atoms with Gasteiger partial charge in [-0.25, -0.2) is 0 Å². The van der Waals surface area contributed by atoms with Crippen LogP contribution in [0.2, 0.25) is 0 Å². The Morgan fingerprint density at radius 2 is 1.48 bits per heavy atom. The molecule has 27 heavy (non-hydrogen) atoms. The molecule has 2 aliphatic rings. The highest BCUT2D eigenvalue weighted by Gasteiger charge is 2.10. The lowest BCUT2D eigenvalue weighted by Gasteiger charge is -2.18. The van der Waals surface area contributed by atoms with Gasteiger partial charge in [0.15, 0.2) is 5.76 Å². The first-order valence-electron chi connectivity index (χ1n) is 10.2. The van der Waals surface area contributed by atoms with Crippen molar-refractivity contribution in [2.24, 2.45) is 0 Å². The molecule has 0 radical (unpaired) electrons. The Kier molecular flexibility index (Phi) is 9.47. The number of hydrogen-bond donors (Lipinski definition) is 0. The number of unbranched alkanes of at least 4 members (excludes halogenated alkanes) is 7. The van der Waals surface area contributed by atoms with Crippen LogP contribution in [0.15, 0.2) is 71.8 Å². The molecule has 0 aromatic carbocycles. The number of carbonyl (C=O) groups excluding carboxylic acids is 1. The van der Waals surface area contributed by atoms with Crippen LogP contribution in [0, 0.1) is 0 Å². The van der Waals surface area contributed by atoms with Crippen LogP contribution in [-0.4, -0.2) is 24.3 Å². The highest BCUT2D eigenvalue weighted by atomic mass is 16.5. The summed E-state index contributed by atoms with van der Waals surface area (Å²) in [5.74, 6) is 0.296. The highest BCUT2D eigenvalue weighted by Crippen LogP contribution is 2.16. The first-order chi connectivity index (χ1) is 13.2. The third-order valence-electron chi connectivity index (χ3n) is 4.84. The monoisotopic (exact) mass is 367 g/mol. The van der Waals surface area contributed by atoms with Crippen molar-refractivity contribution in [2.45, 2.75) is 58.3 Å². The molecule has 1 heterocycles. The number of methoxy groups -OCH3 is 1. The average Bonchev–Trinajstić information content (AvgIpc) is 2.70. The summed E-state index contributed by atoms with van der Waals surface area (Å²) >= 11 is 0.